The first kappa shape index (κ1) is 43.5. The molecule has 14 heteroatoms. The fourth-order valence-corrected chi connectivity index (χ4v) is 8.85. The van der Waals surface area contributed by atoms with Crippen molar-refractivity contribution in [3.63, 3.8) is 0 Å². The maximum Gasteiger partial charge on any atom is 0.417 e. The summed E-state index contributed by atoms with van der Waals surface area (Å²) in [5.74, 6) is 2.65. The van der Waals surface area contributed by atoms with E-state index in [-0.39, 0.29) is 31.2 Å². The molecule has 0 bridgehead atoms. The Morgan fingerprint density at radius 2 is 1.34 bits per heavy atom. The molecule has 4 atom stereocenters. The summed E-state index contributed by atoms with van der Waals surface area (Å²) in [5, 5.41) is 12.2. The Balaban J connectivity index is 0.000000230. The molecular formula is C48H58N10O4. The molecule has 2 unspecified atom stereocenters. The number of amides is 2. The lowest BCUT2D eigenvalue weighted by molar-refractivity contribution is 0.100. The van der Waals surface area contributed by atoms with Crippen LogP contribution in [0.4, 0.5) is 33.1 Å². The van der Waals surface area contributed by atoms with E-state index in [1.54, 1.807) is 0 Å². The van der Waals surface area contributed by atoms with Gasteiger partial charge in [0.15, 0.2) is 0 Å². The number of nitrogens with zero attached hydrogens (tertiary/aromatic N) is 8. The van der Waals surface area contributed by atoms with Crippen molar-refractivity contribution in [2.45, 2.75) is 88.6 Å². The van der Waals surface area contributed by atoms with Gasteiger partial charge in [-0.25, -0.2) is 24.5 Å². The Hall–Kier alpha value is -6.54. The van der Waals surface area contributed by atoms with E-state index in [0.717, 1.165) is 52.5 Å². The van der Waals surface area contributed by atoms with Crippen molar-refractivity contribution in [3.8, 4) is 0 Å². The highest BCUT2D eigenvalue weighted by molar-refractivity contribution is 5.94. The molecule has 0 spiro atoms. The van der Waals surface area contributed by atoms with E-state index in [1.807, 2.05) is 129 Å². The molecule has 14 nitrogen and oxygen atoms in total. The summed E-state index contributed by atoms with van der Waals surface area (Å²) in [6.07, 6.45) is 5.62. The number of anilines is 4. The lowest BCUT2D eigenvalue weighted by Crippen LogP contribution is -2.50. The SMILES string of the molecule is CN(C)c1nc(N(C(=O)OCc2ccccc2)C2CCCC(N(Cc3ccccc3)C(=O)O)C2)nc2ccccc12.CN(C)c1nc(N)nc2cccc([C@@H]3CCC[C@@H](N)C3)c12. The number of para-hydroxylation sites is 1. The van der Waals surface area contributed by atoms with E-state index < -0.39 is 12.2 Å². The number of fused-ring (bicyclic) bond motifs is 2. The summed E-state index contributed by atoms with van der Waals surface area (Å²) in [5.41, 5.74) is 16.7. The first-order valence-corrected chi connectivity index (χ1v) is 21.4. The van der Waals surface area contributed by atoms with Crippen molar-refractivity contribution < 1.29 is 19.4 Å². The molecule has 4 aromatic carbocycles. The smallest absolute Gasteiger partial charge is 0.417 e. The molecule has 2 saturated carbocycles. The number of hydrogen-bond acceptors (Lipinski definition) is 11. The number of benzene rings is 4. The number of carboxylic acid groups (broad SMARTS) is 1. The molecule has 2 amide bonds. The van der Waals surface area contributed by atoms with Gasteiger partial charge in [-0.1, -0.05) is 91.3 Å². The highest BCUT2D eigenvalue weighted by Gasteiger charge is 2.37. The Kier molecular flexibility index (Phi) is 14.0. The van der Waals surface area contributed by atoms with E-state index in [1.165, 1.54) is 28.2 Å². The molecule has 8 rings (SSSR count). The maximum absolute atomic E-state index is 13.8. The third-order valence-electron chi connectivity index (χ3n) is 11.8. The summed E-state index contributed by atoms with van der Waals surface area (Å²) in [6, 6.07) is 32.7. The molecule has 62 heavy (non-hydrogen) atoms. The molecule has 2 fully saturated rings. The molecular weight excluding hydrogens is 781 g/mol. The number of hydrogen-bond donors (Lipinski definition) is 3. The summed E-state index contributed by atoms with van der Waals surface area (Å²) < 4.78 is 5.81. The Bertz CT molecular complexity index is 2450. The van der Waals surface area contributed by atoms with Crippen LogP contribution in [0.1, 0.15) is 74.0 Å². The number of carbonyl (C=O) groups excluding carboxylic acids is 1. The second-order valence-electron chi connectivity index (χ2n) is 16.7. The highest BCUT2D eigenvalue weighted by atomic mass is 16.6. The second-order valence-corrected chi connectivity index (χ2v) is 16.7. The number of aromatic nitrogens is 4. The number of nitrogens with two attached hydrogens (primary N) is 2. The zero-order chi connectivity index (χ0) is 43.8. The van der Waals surface area contributed by atoms with Crippen LogP contribution >= 0.6 is 0 Å². The van der Waals surface area contributed by atoms with Gasteiger partial charge < -0.3 is 36.0 Å². The molecule has 2 aliphatic carbocycles. The van der Waals surface area contributed by atoms with Gasteiger partial charge in [0.1, 0.15) is 18.2 Å². The summed E-state index contributed by atoms with van der Waals surface area (Å²) in [4.78, 5) is 51.6. The van der Waals surface area contributed by atoms with Gasteiger partial charge in [0.25, 0.3) is 0 Å². The van der Waals surface area contributed by atoms with Crippen molar-refractivity contribution >= 4 is 57.5 Å². The highest BCUT2D eigenvalue weighted by Crippen LogP contribution is 2.39. The normalized spacial score (nSPS) is 18.6. The summed E-state index contributed by atoms with van der Waals surface area (Å²) >= 11 is 0. The van der Waals surface area contributed by atoms with E-state index >= 15 is 0 Å². The van der Waals surface area contributed by atoms with Gasteiger partial charge in [0.05, 0.1) is 11.0 Å². The standard InChI is InChI=1S/C32H35N5O4.C16H23N5/c1-35(2)29-27-18-9-10-19-28(27)33-30(34-29)37(32(40)41-22-24-14-7-4-8-15-24)26-17-11-16-25(20-26)36(31(38)39)21-23-12-5-3-6-13-23;1-21(2)15-14-12(10-5-3-6-11(17)9-10)7-4-8-13(14)19-16(18)20-15/h3-10,12-15,18-19,25-26H,11,16-17,20-22H2,1-2H3,(H,38,39);4,7-8,10-11H,3,5-6,9,17H2,1-2H3,(H2,18,19,20)/t;10-,11-/m.1/s1. The number of carbonyl (C=O) groups is 2. The van der Waals surface area contributed by atoms with Crippen molar-refractivity contribution in [1.29, 1.82) is 0 Å². The molecule has 2 aliphatic rings. The topological polar surface area (TPSA) is 180 Å². The average molecular weight is 839 g/mol. The molecule has 0 radical (unpaired) electrons. The monoisotopic (exact) mass is 838 g/mol. The minimum atomic E-state index is -0.977. The van der Waals surface area contributed by atoms with Crippen LogP contribution in [0.25, 0.3) is 21.8 Å². The van der Waals surface area contributed by atoms with Gasteiger partial charge in [0, 0.05) is 63.6 Å². The fourth-order valence-electron chi connectivity index (χ4n) is 8.85. The largest absolute Gasteiger partial charge is 0.465 e. The van der Waals surface area contributed by atoms with Crippen molar-refractivity contribution in [1.82, 2.24) is 24.8 Å². The molecule has 0 aliphatic heterocycles. The maximum atomic E-state index is 13.8. The predicted octanol–water partition coefficient (Wildman–Crippen LogP) is 8.59. The Labute approximate surface area is 363 Å². The molecule has 6 aromatic rings. The van der Waals surface area contributed by atoms with Crippen molar-refractivity contribution in [2.75, 3.05) is 48.6 Å². The van der Waals surface area contributed by atoms with Crippen LogP contribution in [-0.4, -0.2) is 88.4 Å². The first-order valence-electron chi connectivity index (χ1n) is 21.4. The third kappa shape index (κ3) is 10.3. The van der Waals surface area contributed by atoms with Crippen LogP contribution in [0.15, 0.2) is 103 Å². The lowest BCUT2D eigenvalue weighted by atomic mass is 9.80. The van der Waals surface area contributed by atoms with Gasteiger partial charge in [-0.2, -0.15) is 9.97 Å². The minimum absolute atomic E-state index is 0.107. The average Bonchev–Trinajstić information content (AvgIpc) is 3.27. The van der Waals surface area contributed by atoms with Crippen LogP contribution in [0.3, 0.4) is 0 Å². The fraction of sp³-hybridized carbons (Fsp3) is 0.375. The van der Waals surface area contributed by atoms with Crippen LogP contribution in [0.2, 0.25) is 0 Å². The van der Waals surface area contributed by atoms with Crippen LogP contribution < -0.4 is 26.2 Å². The van der Waals surface area contributed by atoms with Crippen molar-refractivity contribution in [3.05, 3.63) is 120 Å². The van der Waals surface area contributed by atoms with E-state index in [9.17, 15) is 14.7 Å². The third-order valence-corrected chi connectivity index (χ3v) is 11.8. The van der Waals surface area contributed by atoms with Crippen LogP contribution in [-0.2, 0) is 17.9 Å². The Morgan fingerprint density at radius 3 is 2.03 bits per heavy atom. The molecule has 2 aromatic heterocycles. The second kappa shape index (κ2) is 19.9. The lowest BCUT2D eigenvalue weighted by Gasteiger charge is -2.39. The van der Waals surface area contributed by atoms with Gasteiger partial charge in [-0.3, -0.25) is 0 Å². The summed E-state index contributed by atoms with van der Waals surface area (Å²) in [6.45, 7) is 0.388. The van der Waals surface area contributed by atoms with Crippen molar-refractivity contribution in [2.24, 2.45) is 5.73 Å². The number of rotatable bonds is 10. The molecule has 2 heterocycles. The van der Waals surface area contributed by atoms with E-state index in [2.05, 4.69) is 22.1 Å². The Morgan fingerprint density at radius 1 is 0.694 bits per heavy atom. The predicted molar refractivity (Wildman–Crippen MR) is 246 cm³/mol. The van der Waals surface area contributed by atoms with Gasteiger partial charge >= 0.3 is 12.2 Å². The molecule has 5 N–H and O–H groups in total. The van der Waals surface area contributed by atoms with Crippen LogP contribution in [0, 0.1) is 0 Å². The number of ether oxygens (including phenoxy) is 1. The first-order chi connectivity index (χ1) is 30.0. The summed E-state index contributed by atoms with van der Waals surface area (Å²) in [7, 11) is 7.79. The van der Waals surface area contributed by atoms with Gasteiger partial charge in [-0.15, -0.1) is 0 Å². The quantitative estimate of drug-likeness (QED) is 0.120. The molecule has 0 saturated heterocycles. The molecule has 324 valence electrons. The van der Waals surface area contributed by atoms with E-state index in [0.29, 0.717) is 48.5 Å². The van der Waals surface area contributed by atoms with Gasteiger partial charge in [-0.05, 0) is 85.8 Å². The van der Waals surface area contributed by atoms with E-state index in [4.69, 9.17) is 26.2 Å². The zero-order valence-electron chi connectivity index (χ0n) is 36.1. The van der Waals surface area contributed by atoms with Crippen LogP contribution in [0.5, 0.6) is 0 Å². The number of nitrogen functional groups attached to an aromatic ring is 1. The van der Waals surface area contributed by atoms with Gasteiger partial charge in [0.2, 0.25) is 11.9 Å². The minimum Gasteiger partial charge on any atom is -0.465 e. The zero-order valence-corrected chi connectivity index (χ0v) is 36.1.